The van der Waals surface area contributed by atoms with Crippen molar-refractivity contribution in [1.82, 2.24) is 15.4 Å². The molecule has 0 rings (SSSR count). The fourth-order valence-corrected chi connectivity index (χ4v) is 2.45. The Labute approximate surface area is 134 Å². The van der Waals surface area contributed by atoms with Crippen molar-refractivity contribution < 1.29 is 8.42 Å². The van der Waals surface area contributed by atoms with E-state index >= 15 is 0 Å². The molecule has 0 aromatic rings. The van der Waals surface area contributed by atoms with Crippen LogP contribution in [0.4, 0.5) is 0 Å². The van der Waals surface area contributed by atoms with Crippen molar-refractivity contribution >= 4 is 40.0 Å². The Morgan fingerprint density at radius 1 is 1.37 bits per heavy atom. The average Bonchev–Trinajstić information content (AvgIpc) is 2.20. The SMILES string of the molecule is CCC(C)NC(=NC)NCC(C)(C)NS(C)(=O)=O.I. The van der Waals surface area contributed by atoms with Gasteiger partial charge in [0.1, 0.15) is 0 Å². The molecule has 6 nitrogen and oxygen atoms in total. The van der Waals surface area contributed by atoms with E-state index in [0.717, 1.165) is 12.7 Å². The third-order valence-corrected chi connectivity index (χ3v) is 3.30. The maximum atomic E-state index is 11.2. The van der Waals surface area contributed by atoms with Gasteiger partial charge < -0.3 is 10.6 Å². The minimum absolute atomic E-state index is 0. The summed E-state index contributed by atoms with van der Waals surface area (Å²) in [6.45, 7) is 8.23. The Hall–Kier alpha value is -0.0900. The van der Waals surface area contributed by atoms with Gasteiger partial charge in [-0.2, -0.15) is 0 Å². The Morgan fingerprint density at radius 2 is 1.89 bits per heavy atom. The first-order valence-electron chi connectivity index (χ1n) is 6.06. The van der Waals surface area contributed by atoms with Crippen molar-refractivity contribution in [2.24, 2.45) is 4.99 Å². The van der Waals surface area contributed by atoms with Crippen LogP contribution in [0.3, 0.4) is 0 Å². The number of sulfonamides is 1. The van der Waals surface area contributed by atoms with Gasteiger partial charge in [-0.25, -0.2) is 13.1 Å². The number of hydrogen-bond donors (Lipinski definition) is 3. The molecule has 0 aliphatic heterocycles. The van der Waals surface area contributed by atoms with Crippen molar-refractivity contribution in [3.05, 3.63) is 0 Å². The number of nitrogens with one attached hydrogen (secondary N) is 3. The summed E-state index contributed by atoms with van der Waals surface area (Å²) in [6, 6.07) is 0.321. The summed E-state index contributed by atoms with van der Waals surface area (Å²) < 4.78 is 25.0. The van der Waals surface area contributed by atoms with Crippen molar-refractivity contribution in [3.8, 4) is 0 Å². The molecule has 0 aliphatic carbocycles. The quantitative estimate of drug-likeness (QED) is 0.348. The maximum absolute atomic E-state index is 11.2. The number of halogens is 1. The molecule has 0 fully saturated rings. The summed E-state index contributed by atoms with van der Waals surface area (Å²) in [7, 11) is -1.53. The standard InChI is InChI=1S/C11H26N4O2S.HI/c1-7-9(2)14-10(12-5)13-8-11(3,4)15-18(6,16)17;/h9,15H,7-8H2,1-6H3,(H2,12,13,14);1H. The van der Waals surface area contributed by atoms with Gasteiger partial charge >= 0.3 is 0 Å². The lowest BCUT2D eigenvalue weighted by Crippen LogP contribution is -2.53. The maximum Gasteiger partial charge on any atom is 0.209 e. The fraction of sp³-hybridized carbons (Fsp3) is 0.909. The molecular formula is C11H27IN4O2S. The van der Waals surface area contributed by atoms with Gasteiger partial charge in [-0.05, 0) is 27.2 Å². The third-order valence-electron chi connectivity index (χ3n) is 2.38. The molecule has 1 atom stereocenters. The van der Waals surface area contributed by atoms with Crippen LogP contribution in [0.2, 0.25) is 0 Å². The zero-order valence-electron chi connectivity index (χ0n) is 12.6. The van der Waals surface area contributed by atoms with Crippen molar-refractivity contribution in [3.63, 3.8) is 0 Å². The summed E-state index contributed by atoms with van der Waals surface area (Å²) in [5.41, 5.74) is -0.569. The normalized spacial score (nSPS) is 14.5. The number of hydrogen-bond acceptors (Lipinski definition) is 3. The van der Waals surface area contributed by atoms with Gasteiger partial charge in [0.05, 0.1) is 6.26 Å². The van der Waals surface area contributed by atoms with E-state index in [4.69, 9.17) is 0 Å². The highest BCUT2D eigenvalue weighted by atomic mass is 127. The molecule has 1 unspecified atom stereocenters. The third kappa shape index (κ3) is 11.4. The molecule has 0 heterocycles. The largest absolute Gasteiger partial charge is 0.355 e. The van der Waals surface area contributed by atoms with Gasteiger partial charge in [-0.15, -0.1) is 24.0 Å². The molecule has 19 heavy (non-hydrogen) atoms. The highest BCUT2D eigenvalue weighted by Crippen LogP contribution is 2.01. The molecule has 0 saturated heterocycles. The van der Waals surface area contributed by atoms with E-state index in [0.29, 0.717) is 18.5 Å². The molecule has 0 aliphatic rings. The topological polar surface area (TPSA) is 82.6 Å². The lowest BCUT2D eigenvalue weighted by molar-refractivity contribution is 0.445. The highest BCUT2D eigenvalue weighted by molar-refractivity contribution is 14.0. The highest BCUT2D eigenvalue weighted by Gasteiger charge is 2.22. The molecule has 116 valence electrons. The molecule has 0 aromatic heterocycles. The second-order valence-corrected chi connectivity index (χ2v) is 6.89. The molecule has 0 bridgehead atoms. The lowest BCUT2D eigenvalue weighted by Gasteiger charge is -2.27. The van der Waals surface area contributed by atoms with Gasteiger partial charge in [0, 0.05) is 25.2 Å². The van der Waals surface area contributed by atoms with E-state index in [9.17, 15) is 8.42 Å². The summed E-state index contributed by atoms with van der Waals surface area (Å²) in [5, 5.41) is 6.32. The molecule has 0 aromatic carbocycles. The predicted molar refractivity (Wildman–Crippen MR) is 91.7 cm³/mol. The number of guanidine groups is 1. The summed E-state index contributed by atoms with van der Waals surface area (Å²) in [4.78, 5) is 4.09. The van der Waals surface area contributed by atoms with Crippen molar-refractivity contribution in [2.45, 2.75) is 45.7 Å². The first kappa shape index (κ1) is 21.2. The van der Waals surface area contributed by atoms with Crippen molar-refractivity contribution in [1.29, 1.82) is 0 Å². The Kier molecular flexibility index (Phi) is 10.0. The smallest absolute Gasteiger partial charge is 0.209 e. The van der Waals surface area contributed by atoms with Crippen LogP contribution in [0, 0.1) is 0 Å². The summed E-state index contributed by atoms with van der Waals surface area (Å²) in [5.74, 6) is 0.674. The lowest BCUT2D eigenvalue weighted by atomic mass is 10.1. The molecule has 8 heteroatoms. The Bertz CT molecular complexity index is 382. The minimum Gasteiger partial charge on any atom is -0.355 e. The number of aliphatic imine (C=N–C) groups is 1. The second kappa shape index (κ2) is 8.96. The molecular weight excluding hydrogens is 379 g/mol. The van der Waals surface area contributed by atoms with Crippen LogP contribution in [0.25, 0.3) is 0 Å². The van der Waals surface area contributed by atoms with Crippen LogP contribution in [-0.4, -0.2) is 45.8 Å². The zero-order valence-corrected chi connectivity index (χ0v) is 15.7. The minimum atomic E-state index is -3.21. The monoisotopic (exact) mass is 406 g/mol. The van der Waals surface area contributed by atoms with Crippen molar-refractivity contribution in [2.75, 3.05) is 19.8 Å². The van der Waals surface area contributed by atoms with Gasteiger partial charge in [0.25, 0.3) is 0 Å². The van der Waals surface area contributed by atoms with E-state index in [1.807, 2.05) is 13.8 Å². The van der Waals surface area contributed by atoms with E-state index in [1.54, 1.807) is 7.05 Å². The van der Waals surface area contributed by atoms with E-state index in [1.165, 1.54) is 0 Å². The molecule has 0 saturated carbocycles. The van der Waals surface area contributed by atoms with Crippen LogP contribution in [0.5, 0.6) is 0 Å². The van der Waals surface area contributed by atoms with Crippen LogP contribution in [-0.2, 0) is 10.0 Å². The number of nitrogens with zero attached hydrogens (tertiary/aromatic N) is 1. The van der Waals surface area contributed by atoms with Crippen LogP contribution in [0.1, 0.15) is 34.1 Å². The van der Waals surface area contributed by atoms with Gasteiger partial charge in [-0.1, -0.05) is 6.92 Å². The molecule has 0 amide bonds. The zero-order chi connectivity index (χ0) is 14.4. The summed E-state index contributed by atoms with van der Waals surface area (Å²) >= 11 is 0. The first-order chi connectivity index (χ1) is 8.09. The summed E-state index contributed by atoms with van der Waals surface area (Å²) in [6.07, 6.45) is 2.15. The van der Waals surface area contributed by atoms with E-state index in [-0.39, 0.29) is 24.0 Å². The van der Waals surface area contributed by atoms with Gasteiger partial charge in [-0.3, -0.25) is 4.99 Å². The Morgan fingerprint density at radius 3 is 2.26 bits per heavy atom. The first-order valence-corrected chi connectivity index (χ1v) is 7.95. The molecule has 0 radical (unpaired) electrons. The van der Waals surface area contributed by atoms with E-state index < -0.39 is 15.6 Å². The average molecular weight is 406 g/mol. The van der Waals surface area contributed by atoms with E-state index in [2.05, 4.69) is 34.2 Å². The molecule has 3 N–H and O–H groups in total. The second-order valence-electron chi connectivity index (χ2n) is 5.14. The van der Waals surface area contributed by atoms with Gasteiger partial charge in [0.2, 0.25) is 10.0 Å². The fourth-order valence-electron chi connectivity index (χ4n) is 1.37. The van der Waals surface area contributed by atoms with Crippen LogP contribution >= 0.6 is 24.0 Å². The predicted octanol–water partition coefficient (Wildman–Crippen LogP) is 0.896. The van der Waals surface area contributed by atoms with Gasteiger partial charge in [0.15, 0.2) is 5.96 Å². The molecule has 0 spiro atoms. The Balaban J connectivity index is 0. The number of rotatable bonds is 6. The van der Waals surface area contributed by atoms with Crippen LogP contribution in [0.15, 0.2) is 4.99 Å². The van der Waals surface area contributed by atoms with Crippen LogP contribution < -0.4 is 15.4 Å².